The second-order valence-corrected chi connectivity index (χ2v) is 9.93. The Morgan fingerprint density at radius 2 is 1.03 bits per heavy atom. The molecule has 0 aliphatic heterocycles. The largest absolute Gasteiger partial charge is 0.507 e. The van der Waals surface area contributed by atoms with E-state index in [1.807, 2.05) is 27.7 Å². The quantitative estimate of drug-likeness (QED) is 0.355. The Kier molecular flexibility index (Phi) is 9.03. The molecule has 2 aromatic carbocycles. The van der Waals surface area contributed by atoms with E-state index in [2.05, 4.69) is 45.0 Å². The Balaban J connectivity index is 2.35. The lowest BCUT2D eigenvalue weighted by Gasteiger charge is -2.38. The molecule has 0 amide bonds. The van der Waals surface area contributed by atoms with Crippen molar-refractivity contribution in [2.45, 2.75) is 105 Å². The predicted octanol–water partition coefficient (Wildman–Crippen LogP) is 8.41. The molecule has 0 saturated carbocycles. The van der Waals surface area contributed by atoms with Gasteiger partial charge in [-0.25, -0.2) is 0 Å². The fraction of sp³-hybridized carbons (Fsp3) is 0.586. The van der Waals surface area contributed by atoms with Crippen LogP contribution >= 0.6 is 0 Å². The minimum Gasteiger partial charge on any atom is -0.507 e. The molecule has 0 aliphatic rings. The lowest BCUT2D eigenvalue weighted by atomic mass is 9.65. The molecule has 2 rings (SSSR count). The summed E-state index contributed by atoms with van der Waals surface area (Å²) in [5, 5.41) is 20.7. The van der Waals surface area contributed by atoms with Gasteiger partial charge in [0, 0.05) is 5.41 Å². The number of aromatic hydroxyl groups is 2. The van der Waals surface area contributed by atoms with E-state index in [-0.39, 0.29) is 5.41 Å². The van der Waals surface area contributed by atoms with E-state index in [4.69, 9.17) is 0 Å². The number of unbranched alkanes of at least 4 members (excludes halogenated alkanes) is 6. The van der Waals surface area contributed by atoms with E-state index >= 15 is 0 Å². The molecular weight excluding hydrogens is 380 g/mol. The molecule has 31 heavy (non-hydrogen) atoms. The standard InChI is InChI=1S/C29H44O2/c1-8-9-10-11-12-13-14-15-24(6)29(7,25-16-20(2)27(30)21(3)17-25)26-18-22(4)28(31)23(5)19-26/h16-19,24,30-31H,8-15H2,1-7H3. The number of phenolic OH excluding ortho intramolecular Hbond substituents is 2. The van der Waals surface area contributed by atoms with Crippen molar-refractivity contribution in [2.75, 3.05) is 0 Å². The maximum atomic E-state index is 10.4. The first-order chi connectivity index (χ1) is 14.6. The molecule has 0 aliphatic carbocycles. The lowest BCUT2D eigenvalue weighted by molar-refractivity contribution is 0.337. The molecule has 2 heteroatoms. The maximum Gasteiger partial charge on any atom is 0.121 e. The fourth-order valence-electron chi connectivity index (χ4n) is 4.94. The first-order valence-electron chi connectivity index (χ1n) is 12.2. The molecule has 0 heterocycles. The summed E-state index contributed by atoms with van der Waals surface area (Å²) in [5.41, 5.74) is 6.02. The first-order valence-corrected chi connectivity index (χ1v) is 12.2. The average Bonchev–Trinajstić information content (AvgIpc) is 2.73. The van der Waals surface area contributed by atoms with Crippen LogP contribution in [0.1, 0.15) is 106 Å². The van der Waals surface area contributed by atoms with E-state index < -0.39 is 0 Å². The summed E-state index contributed by atoms with van der Waals surface area (Å²) >= 11 is 0. The smallest absolute Gasteiger partial charge is 0.121 e. The van der Waals surface area contributed by atoms with Crippen LogP contribution in [-0.4, -0.2) is 10.2 Å². The van der Waals surface area contributed by atoms with E-state index in [0.717, 1.165) is 22.3 Å². The van der Waals surface area contributed by atoms with E-state index in [0.29, 0.717) is 17.4 Å². The Bertz CT molecular complexity index is 762. The lowest BCUT2D eigenvalue weighted by Crippen LogP contribution is -2.32. The zero-order valence-corrected chi connectivity index (χ0v) is 20.9. The van der Waals surface area contributed by atoms with Crippen LogP contribution in [0.15, 0.2) is 24.3 Å². The second-order valence-electron chi connectivity index (χ2n) is 9.93. The first kappa shape index (κ1) is 25.3. The summed E-state index contributed by atoms with van der Waals surface area (Å²) in [5.74, 6) is 1.22. The number of benzene rings is 2. The summed E-state index contributed by atoms with van der Waals surface area (Å²) < 4.78 is 0. The normalized spacial score (nSPS) is 12.9. The van der Waals surface area contributed by atoms with Crippen molar-refractivity contribution >= 4 is 0 Å². The molecule has 172 valence electrons. The van der Waals surface area contributed by atoms with Crippen molar-refractivity contribution in [3.05, 3.63) is 57.6 Å². The second kappa shape index (κ2) is 11.1. The molecule has 0 bridgehead atoms. The van der Waals surface area contributed by atoms with Crippen molar-refractivity contribution in [1.82, 2.24) is 0 Å². The Morgan fingerprint density at radius 3 is 1.42 bits per heavy atom. The van der Waals surface area contributed by atoms with Crippen LogP contribution in [0.4, 0.5) is 0 Å². The minimum atomic E-state index is -0.186. The Morgan fingerprint density at radius 1 is 0.677 bits per heavy atom. The Labute approximate surface area is 190 Å². The number of hydrogen-bond acceptors (Lipinski definition) is 2. The monoisotopic (exact) mass is 424 g/mol. The maximum absolute atomic E-state index is 10.4. The summed E-state index contributed by atoms with van der Waals surface area (Å²) in [6, 6.07) is 8.62. The third kappa shape index (κ3) is 5.84. The fourth-order valence-corrected chi connectivity index (χ4v) is 4.94. The summed E-state index contributed by atoms with van der Waals surface area (Å²) in [6.45, 7) is 14.9. The van der Waals surface area contributed by atoms with Crippen molar-refractivity contribution in [3.8, 4) is 11.5 Å². The van der Waals surface area contributed by atoms with Crippen LogP contribution in [0.3, 0.4) is 0 Å². The van der Waals surface area contributed by atoms with E-state index in [1.54, 1.807) is 0 Å². The van der Waals surface area contributed by atoms with Gasteiger partial charge in [-0.3, -0.25) is 0 Å². The SMILES string of the molecule is CCCCCCCCCC(C)C(C)(c1cc(C)c(O)c(C)c1)c1cc(C)c(O)c(C)c1. The topological polar surface area (TPSA) is 40.5 Å². The predicted molar refractivity (Wildman–Crippen MR) is 133 cm³/mol. The van der Waals surface area contributed by atoms with Gasteiger partial charge in [0.15, 0.2) is 0 Å². The van der Waals surface area contributed by atoms with Crippen molar-refractivity contribution < 1.29 is 10.2 Å². The zero-order valence-electron chi connectivity index (χ0n) is 20.9. The van der Waals surface area contributed by atoms with Crippen LogP contribution in [-0.2, 0) is 5.41 Å². The van der Waals surface area contributed by atoms with Crippen molar-refractivity contribution in [1.29, 1.82) is 0 Å². The number of hydrogen-bond donors (Lipinski definition) is 2. The molecular formula is C29H44O2. The molecule has 0 saturated heterocycles. The Hall–Kier alpha value is -1.96. The summed E-state index contributed by atoms with van der Waals surface area (Å²) in [4.78, 5) is 0. The van der Waals surface area contributed by atoms with Gasteiger partial charge >= 0.3 is 0 Å². The van der Waals surface area contributed by atoms with Crippen molar-refractivity contribution in [2.24, 2.45) is 5.92 Å². The highest BCUT2D eigenvalue weighted by molar-refractivity contribution is 5.52. The molecule has 0 spiro atoms. The highest BCUT2D eigenvalue weighted by Gasteiger charge is 2.36. The average molecular weight is 425 g/mol. The van der Waals surface area contributed by atoms with E-state index in [1.165, 1.54) is 62.5 Å². The number of aryl methyl sites for hydroxylation is 4. The van der Waals surface area contributed by atoms with Gasteiger partial charge in [-0.2, -0.15) is 0 Å². The van der Waals surface area contributed by atoms with Gasteiger partial charge in [0.1, 0.15) is 11.5 Å². The van der Waals surface area contributed by atoms with Crippen LogP contribution in [0, 0.1) is 33.6 Å². The minimum absolute atomic E-state index is 0.186. The highest BCUT2D eigenvalue weighted by atomic mass is 16.3. The molecule has 1 unspecified atom stereocenters. The molecule has 0 aromatic heterocycles. The third-order valence-electron chi connectivity index (χ3n) is 7.41. The summed E-state index contributed by atoms with van der Waals surface area (Å²) in [6.07, 6.45) is 10.4. The van der Waals surface area contributed by atoms with Gasteiger partial charge < -0.3 is 10.2 Å². The van der Waals surface area contributed by atoms with Crippen LogP contribution in [0.2, 0.25) is 0 Å². The van der Waals surface area contributed by atoms with Crippen LogP contribution in [0.5, 0.6) is 11.5 Å². The van der Waals surface area contributed by atoms with Gasteiger partial charge in [0.05, 0.1) is 0 Å². The molecule has 1 atom stereocenters. The van der Waals surface area contributed by atoms with Gasteiger partial charge in [0.25, 0.3) is 0 Å². The van der Waals surface area contributed by atoms with Gasteiger partial charge in [0.2, 0.25) is 0 Å². The molecule has 2 aromatic rings. The van der Waals surface area contributed by atoms with Crippen LogP contribution in [0.25, 0.3) is 0 Å². The molecule has 0 radical (unpaired) electrons. The third-order valence-corrected chi connectivity index (χ3v) is 7.41. The molecule has 0 fully saturated rings. The molecule has 2 N–H and O–H groups in total. The van der Waals surface area contributed by atoms with E-state index in [9.17, 15) is 10.2 Å². The van der Waals surface area contributed by atoms with Gasteiger partial charge in [-0.15, -0.1) is 0 Å². The van der Waals surface area contributed by atoms with Gasteiger partial charge in [-0.05, 0) is 73.4 Å². The summed E-state index contributed by atoms with van der Waals surface area (Å²) in [7, 11) is 0. The number of rotatable bonds is 11. The number of phenols is 2. The molecule has 2 nitrogen and oxygen atoms in total. The van der Waals surface area contributed by atoms with Gasteiger partial charge in [-0.1, -0.05) is 90.0 Å². The van der Waals surface area contributed by atoms with Crippen molar-refractivity contribution in [3.63, 3.8) is 0 Å². The highest BCUT2D eigenvalue weighted by Crippen LogP contribution is 2.44. The zero-order chi connectivity index (χ0) is 23.2. The van der Waals surface area contributed by atoms with Crippen LogP contribution < -0.4 is 0 Å².